The summed E-state index contributed by atoms with van der Waals surface area (Å²) in [6.07, 6.45) is -2.12. The summed E-state index contributed by atoms with van der Waals surface area (Å²) in [7, 11) is 0. The lowest BCUT2D eigenvalue weighted by atomic mass is 10.2. The van der Waals surface area contributed by atoms with E-state index in [4.69, 9.17) is 4.74 Å². The number of hydrogen-bond acceptors (Lipinski definition) is 2. The van der Waals surface area contributed by atoms with Gasteiger partial charge in [-0.2, -0.15) is 13.2 Å². The van der Waals surface area contributed by atoms with Gasteiger partial charge in [0.25, 0.3) is 0 Å². The molecule has 0 aliphatic heterocycles. The molecule has 0 spiro atoms. The van der Waals surface area contributed by atoms with Crippen molar-refractivity contribution in [3.63, 3.8) is 0 Å². The lowest BCUT2D eigenvalue weighted by Crippen LogP contribution is -2.26. The molecule has 0 saturated heterocycles. The molecule has 1 atom stereocenters. The number of ether oxygens (including phenoxy) is 1. The second kappa shape index (κ2) is 8.82. The van der Waals surface area contributed by atoms with Crippen molar-refractivity contribution in [2.75, 3.05) is 19.8 Å². The predicted molar refractivity (Wildman–Crippen MR) is 58.5 cm³/mol. The van der Waals surface area contributed by atoms with Crippen LogP contribution in [-0.2, 0) is 4.74 Å². The molecule has 0 aromatic carbocycles. The molecule has 5 heteroatoms. The normalized spacial score (nSPS) is 14.1. The zero-order chi connectivity index (χ0) is 12.4. The monoisotopic (exact) mass is 241 g/mol. The topological polar surface area (TPSA) is 21.3 Å². The SMILES string of the molecule is CCCNC(C)CCCOCCC(F)(F)F. The standard InChI is InChI=1S/C11H22F3NO/c1-3-7-15-10(2)5-4-8-16-9-6-11(12,13)14/h10,15H,3-9H2,1-2H3. The van der Waals surface area contributed by atoms with Crippen LogP contribution < -0.4 is 5.32 Å². The van der Waals surface area contributed by atoms with E-state index in [-0.39, 0.29) is 6.61 Å². The Morgan fingerprint density at radius 1 is 1.25 bits per heavy atom. The van der Waals surface area contributed by atoms with Crippen molar-refractivity contribution < 1.29 is 17.9 Å². The van der Waals surface area contributed by atoms with Crippen molar-refractivity contribution in [1.29, 1.82) is 0 Å². The number of rotatable bonds is 9. The molecule has 0 fully saturated rings. The van der Waals surface area contributed by atoms with E-state index in [0.29, 0.717) is 12.6 Å². The molecule has 0 aliphatic rings. The Labute approximate surface area is 95.5 Å². The van der Waals surface area contributed by atoms with E-state index in [0.717, 1.165) is 25.8 Å². The van der Waals surface area contributed by atoms with Crippen LogP contribution in [0.5, 0.6) is 0 Å². The highest BCUT2D eigenvalue weighted by molar-refractivity contribution is 4.59. The Balaban J connectivity index is 3.20. The lowest BCUT2D eigenvalue weighted by molar-refractivity contribution is -0.145. The van der Waals surface area contributed by atoms with Gasteiger partial charge >= 0.3 is 6.18 Å². The Kier molecular flexibility index (Phi) is 8.66. The largest absolute Gasteiger partial charge is 0.391 e. The van der Waals surface area contributed by atoms with Gasteiger partial charge in [0.15, 0.2) is 0 Å². The van der Waals surface area contributed by atoms with Crippen LogP contribution in [0.3, 0.4) is 0 Å². The smallest absolute Gasteiger partial charge is 0.381 e. The molecule has 0 aromatic rings. The van der Waals surface area contributed by atoms with Crippen molar-refractivity contribution in [3.05, 3.63) is 0 Å². The molecular formula is C11H22F3NO. The molecule has 1 unspecified atom stereocenters. The molecule has 0 bridgehead atoms. The third kappa shape index (κ3) is 11.8. The van der Waals surface area contributed by atoms with Gasteiger partial charge in [0.2, 0.25) is 0 Å². The fourth-order valence-corrected chi connectivity index (χ4v) is 1.27. The lowest BCUT2D eigenvalue weighted by Gasteiger charge is -2.13. The van der Waals surface area contributed by atoms with Crippen LogP contribution in [-0.4, -0.2) is 32.0 Å². The summed E-state index contributed by atoms with van der Waals surface area (Å²) in [6.45, 7) is 5.34. The summed E-state index contributed by atoms with van der Waals surface area (Å²) in [6, 6.07) is 0.408. The van der Waals surface area contributed by atoms with Gasteiger partial charge in [0.05, 0.1) is 13.0 Å². The Morgan fingerprint density at radius 2 is 1.94 bits per heavy atom. The first-order valence-corrected chi connectivity index (χ1v) is 5.83. The van der Waals surface area contributed by atoms with Crippen LogP contribution in [0.4, 0.5) is 13.2 Å². The second-order valence-electron chi connectivity index (χ2n) is 3.97. The minimum absolute atomic E-state index is 0.222. The number of halogens is 3. The van der Waals surface area contributed by atoms with Gasteiger partial charge < -0.3 is 10.1 Å². The van der Waals surface area contributed by atoms with E-state index >= 15 is 0 Å². The van der Waals surface area contributed by atoms with Gasteiger partial charge in [-0.15, -0.1) is 0 Å². The summed E-state index contributed by atoms with van der Waals surface area (Å²) < 4.78 is 40.1. The maximum Gasteiger partial charge on any atom is 0.391 e. The highest BCUT2D eigenvalue weighted by Gasteiger charge is 2.26. The molecule has 2 nitrogen and oxygen atoms in total. The van der Waals surface area contributed by atoms with Crippen LogP contribution in [0.1, 0.15) is 39.5 Å². The predicted octanol–water partition coefficient (Wildman–Crippen LogP) is 3.12. The molecule has 0 aromatic heterocycles. The molecule has 0 radical (unpaired) electrons. The maximum absolute atomic E-state index is 11.7. The van der Waals surface area contributed by atoms with Gasteiger partial charge in [0, 0.05) is 12.6 Å². The van der Waals surface area contributed by atoms with Crippen molar-refractivity contribution in [1.82, 2.24) is 5.32 Å². The van der Waals surface area contributed by atoms with E-state index in [9.17, 15) is 13.2 Å². The first-order chi connectivity index (χ1) is 7.45. The fourth-order valence-electron chi connectivity index (χ4n) is 1.27. The van der Waals surface area contributed by atoms with Crippen LogP contribution in [0.15, 0.2) is 0 Å². The first kappa shape index (κ1) is 15.7. The Hall–Kier alpha value is -0.290. The van der Waals surface area contributed by atoms with E-state index in [2.05, 4.69) is 19.2 Å². The molecule has 0 amide bonds. The zero-order valence-corrected chi connectivity index (χ0v) is 10.1. The zero-order valence-electron chi connectivity index (χ0n) is 10.1. The average Bonchev–Trinajstić information content (AvgIpc) is 2.18. The summed E-state index contributed by atoms with van der Waals surface area (Å²) in [4.78, 5) is 0. The third-order valence-electron chi connectivity index (χ3n) is 2.20. The molecule has 1 N–H and O–H groups in total. The third-order valence-corrected chi connectivity index (χ3v) is 2.20. The van der Waals surface area contributed by atoms with E-state index in [1.165, 1.54) is 0 Å². The van der Waals surface area contributed by atoms with Gasteiger partial charge in [-0.25, -0.2) is 0 Å². The first-order valence-electron chi connectivity index (χ1n) is 5.83. The molecule has 0 aliphatic carbocycles. The average molecular weight is 241 g/mol. The Morgan fingerprint density at radius 3 is 2.50 bits per heavy atom. The van der Waals surface area contributed by atoms with Gasteiger partial charge in [-0.1, -0.05) is 6.92 Å². The van der Waals surface area contributed by atoms with Crippen LogP contribution in [0.2, 0.25) is 0 Å². The van der Waals surface area contributed by atoms with Crippen molar-refractivity contribution >= 4 is 0 Å². The van der Waals surface area contributed by atoms with Crippen molar-refractivity contribution in [2.45, 2.75) is 51.7 Å². The molecule has 98 valence electrons. The quantitative estimate of drug-likeness (QED) is 0.626. The second-order valence-corrected chi connectivity index (χ2v) is 3.97. The van der Waals surface area contributed by atoms with Crippen LogP contribution in [0, 0.1) is 0 Å². The number of nitrogens with one attached hydrogen (secondary N) is 1. The highest BCUT2D eigenvalue weighted by Crippen LogP contribution is 2.18. The summed E-state index contributed by atoms with van der Waals surface area (Å²) >= 11 is 0. The Bertz CT molecular complexity index is 162. The maximum atomic E-state index is 11.7. The highest BCUT2D eigenvalue weighted by atomic mass is 19.4. The van der Waals surface area contributed by atoms with Gasteiger partial charge in [-0.05, 0) is 32.7 Å². The molecule has 0 rings (SSSR count). The number of hydrogen-bond donors (Lipinski definition) is 1. The fraction of sp³-hybridized carbons (Fsp3) is 1.00. The van der Waals surface area contributed by atoms with Crippen molar-refractivity contribution in [3.8, 4) is 0 Å². The van der Waals surface area contributed by atoms with E-state index in [1.807, 2.05) is 0 Å². The molecule has 0 heterocycles. The molecule has 0 saturated carbocycles. The summed E-state index contributed by atoms with van der Waals surface area (Å²) in [5.74, 6) is 0. The van der Waals surface area contributed by atoms with Crippen LogP contribution >= 0.6 is 0 Å². The van der Waals surface area contributed by atoms with Crippen LogP contribution in [0.25, 0.3) is 0 Å². The summed E-state index contributed by atoms with van der Waals surface area (Å²) in [5, 5.41) is 3.31. The molecular weight excluding hydrogens is 219 g/mol. The molecule has 16 heavy (non-hydrogen) atoms. The van der Waals surface area contributed by atoms with E-state index in [1.54, 1.807) is 0 Å². The minimum Gasteiger partial charge on any atom is -0.381 e. The van der Waals surface area contributed by atoms with E-state index < -0.39 is 12.6 Å². The number of alkyl halides is 3. The van der Waals surface area contributed by atoms with Gasteiger partial charge in [0.1, 0.15) is 0 Å². The van der Waals surface area contributed by atoms with Gasteiger partial charge in [-0.3, -0.25) is 0 Å². The van der Waals surface area contributed by atoms with Crippen molar-refractivity contribution in [2.24, 2.45) is 0 Å². The minimum atomic E-state index is -4.10. The summed E-state index contributed by atoms with van der Waals surface area (Å²) in [5.41, 5.74) is 0.